The monoisotopic (exact) mass is 292 g/mol. The molecule has 0 bridgehead atoms. The van der Waals surface area contributed by atoms with Gasteiger partial charge in [-0.05, 0) is 31.6 Å². The summed E-state index contributed by atoms with van der Waals surface area (Å²) in [6.45, 7) is 6.81. The molecule has 0 amide bonds. The number of ether oxygens (including phenoxy) is 1. The van der Waals surface area contributed by atoms with Gasteiger partial charge in [-0.3, -0.25) is 9.20 Å². The van der Waals surface area contributed by atoms with E-state index in [4.69, 9.17) is 9.72 Å². The number of hydrogen-bond donors (Lipinski definition) is 0. The molecule has 0 radical (unpaired) electrons. The highest BCUT2D eigenvalue weighted by atomic mass is 32.1. The van der Waals surface area contributed by atoms with Gasteiger partial charge in [0.25, 0.3) is 0 Å². The first-order valence-corrected chi connectivity index (χ1v) is 8.11. The summed E-state index contributed by atoms with van der Waals surface area (Å²) in [7, 11) is 0. The molecule has 0 aromatic carbocycles. The number of aromatic nitrogens is 2. The summed E-state index contributed by atoms with van der Waals surface area (Å²) in [5.74, 6) is 1.03. The van der Waals surface area contributed by atoms with Gasteiger partial charge in [-0.15, -0.1) is 11.3 Å². The van der Waals surface area contributed by atoms with Crippen molar-refractivity contribution >= 4 is 22.3 Å². The summed E-state index contributed by atoms with van der Waals surface area (Å²) < 4.78 is 7.25. The van der Waals surface area contributed by atoms with Gasteiger partial charge in [0.2, 0.25) is 0 Å². The normalized spacial score (nSPS) is 21.9. The number of hydrogen-bond acceptors (Lipinski definition) is 4. The lowest BCUT2D eigenvalue weighted by atomic mass is 9.84. The van der Waals surface area contributed by atoms with Gasteiger partial charge < -0.3 is 4.74 Å². The van der Waals surface area contributed by atoms with Gasteiger partial charge in [0, 0.05) is 16.8 Å². The molecule has 0 fully saturated rings. The Labute approximate surface area is 122 Å². The minimum atomic E-state index is -0.161. The van der Waals surface area contributed by atoms with Crippen LogP contribution in [0.3, 0.4) is 0 Å². The summed E-state index contributed by atoms with van der Waals surface area (Å²) in [6, 6.07) is 0. The third-order valence-electron chi connectivity index (χ3n) is 3.94. The fourth-order valence-electron chi connectivity index (χ4n) is 3.25. The molecule has 20 heavy (non-hydrogen) atoms. The van der Waals surface area contributed by atoms with Gasteiger partial charge in [0.1, 0.15) is 0 Å². The molecular weight excluding hydrogens is 272 g/mol. The van der Waals surface area contributed by atoms with Gasteiger partial charge in [-0.2, -0.15) is 0 Å². The molecule has 108 valence electrons. The zero-order chi connectivity index (χ0) is 14.3. The van der Waals surface area contributed by atoms with Crippen molar-refractivity contribution in [3.8, 4) is 0 Å². The Kier molecular flexibility index (Phi) is 3.54. The molecule has 0 aliphatic heterocycles. The number of carbonyl (C=O) groups excluding carboxylic acids is 1. The van der Waals surface area contributed by atoms with Crippen LogP contribution >= 0.6 is 11.3 Å². The zero-order valence-electron chi connectivity index (χ0n) is 12.2. The number of nitrogens with zero attached hydrogens (tertiary/aromatic N) is 2. The second kappa shape index (κ2) is 5.20. The van der Waals surface area contributed by atoms with Crippen molar-refractivity contribution in [3.63, 3.8) is 0 Å². The van der Waals surface area contributed by atoms with E-state index in [0.717, 1.165) is 17.1 Å². The summed E-state index contributed by atoms with van der Waals surface area (Å²) >= 11 is 1.61. The van der Waals surface area contributed by atoms with Gasteiger partial charge in [0.05, 0.1) is 18.7 Å². The molecule has 2 heterocycles. The Morgan fingerprint density at radius 1 is 1.55 bits per heavy atom. The van der Waals surface area contributed by atoms with Crippen molar-refractivity contribution in [1.29, 1.82) is 0 Å². The lowest BCUT2D eigenvalue weighted by molar-refractivity contribution is -0.142. The van der Waals surface area contributed by atoms with E-state index in [0.29, 0.717) is 24.9 Å². The first-order valence-electron chi connectivity index (χ1n) is 7.23. The van der Waals surface area contributed by atoms with Gasteiger partial charge in [-0.1, -0.05) is 13.8 Å². The summed E-state index contributed by atoms with van der Waals surface area (Å²) in [5.41, 5.74) is 3.53. The number of esters is 1. The molecule has 2 aromatic rings. The largest absolute Gasteiger partial charge is 0.466 e. The second-order valence-corrected chi connectivity index (χ2v) is 6.55. The lowest BCUT2D eigenvalue weighted by Gasteiger charge is -2.24. The van der Waals surface area contributed by atoms with Crippen molar-refractivity contribution < 1.29 is 9.53 Å². The topological polar surface area (TPSA) is 43.6 Å². The average molecular weight is 292 g/mol. The van der Waals surface area contributed by atoms with Crippen LogP contribution in [-0.2, 0) is 22.4 Å². The maximum absolute atomic E-state index is 11.7. The number of thiazole rings is 1. The van der Waals surface area contributed by atoms with Crippen molar-refractivity contribution in [2.24, 2.45) is 5.92 Å². The molecule has 0 N–H and O–H groups in total. The molecular formula is C15H20N2O2S. The summed E-state index contributed by atoms with van der Waals surface area (Å²) in [5, 5.41) is 2.03. The Morgan fingerprint density at radius 2 is 2.35 bits per heavy atom. The zero-order valence-corrected chi connectivity index (χ0v) is 13.0. The molecule has 5 heteroatoms. The van der Waals surface area contributed by atoms with Gasteiger partial charge >= 0.3 is 5.97 Å². The summed E-state index contributed by atoms with van der Waals surface area (Å²) in [6.07, 6.45) is 2.57. The third kappa shape index (κ3) is 2.24. The molecule has 2 aromatic heterocycles. The van der Waals surface area contributed by atoms with Crippen LogP contribution in [0.5, 0.6) is 0 Å². The van der Waals surface area contributed by atoms with E-state index in [2.05, 4.69) is 18.2 Å². The van der Waals surface area contributed by atoms with E-state index in [1.54, 1.807) is 11.3 Å². The number of carbonyl (C=O) groups is 1. The molecule has 0 spiro atoms. The maximum Gasteiger partial charge on any atom is 0.311 e. The van der Waals surface area contributed by atoms with Crippen LogP contribution in [-0.4, -0.2) is 22.0 Å². The second-order valence-electron chi connectivity index (χ2n) is 5.72. The minimum absolute atomic E-state index is 0.161. The average Bonchev–Trinajstić information content (AvgIpc) is 2.89. The summed E-state index contributed by atoms with van der Waals surface area (Å²) in [4.78, 5) is 17.5. The van der Waals surface area contributed by atoms with Crippen LogP contribution in [0.25, 0.3) is 4.96 Å². The van der Waals surface area contributed by atoms with Crippen molar-refractivity contribution in [1.82, 2.24) is 9.38 Å². The Morgan fingerprint density at radius 3 is 3.10 bits per heavy atom. The van der Waals surface area contributed by atoms with E-state index in [1.165, 1.54) is 17.8 Å². The molecule has 2 atom stereocenters. The molecule has 1 aliphatic rings. The van der Waals surface area contributed by atoms with Crippen LogP contribution in [0, 0.1) is 5.92 Å². The standard InChI is InChI=1S/C15H20N2O2S/c1-4-19-13(18)7-11-8-20-15-16-12-6-9(2)5-10(3)14(12)17(11)15/h8-10H,4-7H2,1-3H3. The molecule has 2 unspecified atom stereocenters. The van der Waals surface area contributed by atoms with Crippen LogP contribution in [0.1, 0.15) is 50.2 Å². The van der Waals surface area contributed by atoms with E-state index in [1.807, 2.05) is 12.3 Å². The Hall–Kier alpha value is -1.36. The fraction of sp³-hybridized carbons (Fsp3) is 0.600. The molecule has 0 saturated heterocycles. The number of rotatable bonds is 3. The Balaban J connectivity index is 2.01. The quantitative estimate of drug-likeness (QED) is 0.816. The maximum atomic E-state index is 11.7. The minimum Gasteiger partial charge on any atom is -0.466 e. The predicted octanol–water partition coefficient (Wildman–Crippen LogP) is 3.19. The smallest absolute Gasteiger partial charge is 0.311 e. The van der Waals surface area contributed by atoms with E-state index in [9.17, 15) is 4.79 Å². The van der Waals surface area contributed by atoms with E-state index < -0.39 is 0 Å². The molecule has 3 rings (SSSR count). The SMILES string of the molecule is CCOC(=O)Cc1csc2nc3c(n12)C(C)CC(C)C3. The van der Waals surface area contributed by atoms with Crippen molar-refractivity contribution in [2.45, 2.75) is 46.0 Å². The van der Waals surface area contributed by atoms with Crippen LogP contribution < -0.4 is 0 Å². The predicted molar refractivity (Wildman–Crippen MR) is 79.3 cm³/mol. The van der Waals surface area contributed by atoms with E-state index >= 15 is 0 Å². The van der Waals surface area contributed by atoms with Crippen molar-refractivity contribution in [3.05, 3.63) is 22.5 Å². The van der Waals surface area contributed by atoms with Crippen LogP contribution in [0.2, 0.25) is 0 Å². The van der Waals surface area contributed by atoms with E-state index in [-0.39, 0.29) is 5.97 Å². The first kappa shape index (κ1) is 13.6. The molecule has 0 saturated carbocycles. The number of fused-ring (bicyclic) bond motifs is 3. The first-order chi connectivity index (χ1) is 9.60. The van der Waals surface area contributed by atoms with Crippen molar-refractivity contribution in [2.75, 3.05) is 6.61 Å². The fourth-order valence-corrected chi connectivity index (χ4v) is 4.16. The molecule has 4 nitrogen and oxygen atoms in total. The third-order valence-corrected chi connectivity index (χ3v) is 4.82. The molecule has 1 aliphatic carbocycles. The lowest BCUT2D eigenvalue weighted by Crippen LogP contribution is -2.17. The van der Waals surface area contributed by atoms with Crippen LogP contribution in [0.4, 0.5) is 0 Å². The highest BCUT2D eigenvalue weighted by Gasteiger charge is 2.28. The Bertz CT molecular complexity index is 644. The highest BCUT2D eigenvalue weighted by Crippen LogP contribution is 2.36. The number of imidazole rings is 1. The highest BCUT2D eigenvalue weighted by molar-refractivity contribution is 7.15. The van der Waals surface area contributed by atoms with Gasteiger partial charge in [0.15, 0.2) is 4.96 Å². The van der Waals surface area contributed by atoms with Crippen LogP contribution in [0.15, 0.2) is 5.38 Å². The van der Waals surface area contributed by atoms with Gasteiger partial charge in [-0.25, -0.2) is 4.98 Å².